The molecule has 0 radical (unpaired) electrons. The van der Waals surface area contributed by atoms with Crippen LogP contribution in [-0.2, 0) is 0 Å². The summed E-state index contributed by atoms with van der Waals surface area (Å²) >= 11 is 0. The number of nitrogens with two attached hydrogens (primary N) is 1. The standard InChI is InChI=1S/C18H21NO3/c1-12-4-5-13(10-16(12)20-2)18(19)14-6-7-15-17(11-14)22-9-3-8-21-15/h4-7,10-11,18H,3,8-9,19H2,1-2H3. The summed E-state index contributed by atoms with van der Waals surface area (Å²) in [6.45, 7) is 3.37. The van der Waals surface area contributed by atoms with Gasteiger partial charge in [-0.25, -0.2) is 0 Å². The fourth-order valence-corrected chi connectivity index (χ4v) is 2.60. The number of benzene rings is 2. The summed E-state index contributed by atoms with van der Waals surface area (Å²) in [6, 6.07) is 11.7. The number of rotatable bonds is 3. The van der Waals surface area contributed by atoms with Crippen LogP contribution in [0.15, 0.2) is 36.4 Å². The molecule has 1 unspecified atom stereocenters. The van der Waals surface area contributed by atoms with Crippen LogP contribution < -0.4 is 19.9 Å². The van der Waals surface area contributed by atoms with E-state index in [1.54, 1.807) is 7.11 Å². The van der Waals surface area contributed by atoms with Gasteiger partial charge in [-0.3, -0.25) is 0 Å². The lowest BCUT2D eigenvalue weighted by Gasteiger charge is -2.16. The summed E-state index contributed by atoms with van der Waals surface area (Å²) in [6.07, 6.45) is 0.894. The molecule has 0 spiro atoms. The van der Waals surface area contributed by atoms with Crippen LogP contribution in [0.3, 0.4) is 0 Å². The summed E-state index contributed by atoms with van der Waals surface area (Å²) in [5.41, 5.74) is 9.51. The van der Waals surface area contributed by atoms with Crippen molar-refractivity contribution in [2.75, 3.05) is 20.3 Å². The maximum atomic E-state index is 6.41. The third kappa shape index (κ3) is 2.88. The van der Waals surface area contributed by atoms with Gasteiger partial charge in [-0.15, -0.1) is 0 Å². The van der Waals surface area contributed by atoms with Crippen LogP contribution in [0.2, 0.25) is 0 Å². The molecule has 0 bridgehead atoms. The quantitative estimate of drug-likeness (QED) is 0.945. The second kappa shape index (κ2) is 6.28. The second-order valence-corrected chi connectivity index (χ2v) is 5.46. The van der Waals surface area contributed by atoms with Crippen LogP contribution in [0.4, 0.5) is 0 Å². The number of aryl methyl sites for hydroxylation is 1. The van der Waals surface area contributed by atoms with E-state index in [0.717, 1.165) is 40.4 Å². The van der Waals surface area contributed by atoms with Crippen LogP contribution >= 0.6 is 0 Å². The van der Waals surface area contributed by atoms with Crippen molar-refractivity contribution >= 4 is 0 Å². The van der Waals surface area contributed by atoms with Gasteiger partial charge in [-0.2, -0.15) is 0 Å². The van der Waals surface area contributed by atoms with Crippen molar-refractivity contribution in [2.24, 2.45) is 5.73 Å². The number of fused-ring (bicyclic) bond motifs is 1. The van der Waals surface area contributed by atoms with E-state index in [9.17, 15) is 0 Å². The highest BCUT2D eigenvalue weighted by molar-refractivity contribution is 5.47. The minimum Gasteiger partial charge on any atom is -0.496 e. The van der Waals surface area contributed by atoms with Gasteiger partial charge in [0.15, 0.2) is 11.5 Å². The average Bonchev–Trinajstić information content (AvgIpc) is 2.79. The minimum atomic E-state index is -0.230. The van der Waals surface area contributed by atoms with Crippen molar-refractivity contribution < 1.29 is 14.2 Å². The molecule has 1 aliphatic heterocycles. The highest BCUT2D eigenvalue weighted by Gasteiger charge is 2.16. The Hall–Kier alpha value is -2.20. The molecule has 2 aromatic carbocycles. The Morgan fingerprint density at radius 1 is 1.00 bits per heavy atom. The highest BCUT2D eigenvalue weighted by atomic mass is 16.5. The van der Waals surface area contributed by atoms with Gasteiger partial charge in [0, 0.05) is 6.42 Å². The van der Waals surface area contributed by atoms with Crippen LogP contribution in [0, 0.1) is 6.92 Å². The zero-order chi connectivity index (χ0) is 15.5. The minimum absolute atomic E-state index is 0.230. The molecule has 0 aromatic heterocycles. The van der Waals surface area contributed by atoms with Gasteiger partial charge in [-0.05, 0) is 41.8 Å². The second-order valence-electron chi connectivity index (χ2n) is 5.46. The molecule has 0 amide bonds. The Morgan fingerprint density at radius 3 is 2.45 bits per heavy atom. The first-order chi connectivity index (χ1) is 10.7. The van der Waals surface area contributed by atoms with Gasteiger partial charge in [0.05, 0.1) is 26.4 Å². The Morgan fingerprint density at radius 2 is 1.68 bits per heavy atom. The summed E-state index contributed by atoms with van der Waals surface area (Å²) in [5, 5.41) is 0. The zero-order valence-corrected chi connectivity index (χ0v) is 13.0. The van der Waals surface area contributed by atoms with E-state index in [1.807, 2.05) is 43.3 Å². The van der Waals surface area contributed by atoms with Gasteiger partial charge in [0.2, 0.25) is 0 Å². The van der Waals surface area contributed by atoms with Gasteiger partial charge in [0.25, 0.3) is 0 Å². The molecule has 116 valence electrons. The normalized spacial score (nSPS) is 15.0. The largest absolute Gasteiger partial charge is 0.496 e. The molecule has 2 aromatic rings. The van der Waals surface area contributed by atoms with Crippen molar-refractivity contribution in [2.45, 2.75) is 19.4 Å². The van der Waals surface area contributed by atoms with Gasteiger partial charge >= 0.3 is 0 Å². The molecule has 4 nitrogen and oxygen atoms in total. The topological polar surface area (TPSA) is 53.7 Å². The molecule has 4 heteroatoms. The Balaban J connectivity index is 1.91. The highest BCUT2D eigenvalue weighted by Crippen LogP contribution is 2.34. The molecule has 1 heterocycles. The van der Waals surface area contributed by atoms with Gasteiger partial charge < -0.3 is 19.9 Å². The number of methoxy groups -OCH3 is 1. The molecule has 0 fully saturated rings. The molecule has 0 aliphatic carbocycles. The van der Waals surface area contributed by atoms with Gasteiger partial charge in [0.1, 0.15) is 5.75 Å². The van der Waals surface area contributed by atoms with E-state index in [2.05, 4.69) is 0 Å². The smallest absolute Gasteiger partial charge is 0.161 e. The van der Waals surface area contributed by atoms with Crippen molar-refractivity contribution in [1.29, 1.82) is 0 Å². The fraction of sp³-hybridized carbons (Fsp3) is 0.333. The summed E-state index contributed by atoms with van der Waals surface area (Å²) in [7, 11) is 1.67. The Labute approximate surface area is 130 Å². The summed E-state index contributed by atoms with van der Waals surface area (Å²) in [4.78, 5) is 0. The Kier molecular flexibility index (Phi) is 4.20. The third-order valence-corrected chi connectivity index (χ3v) is 3.92. The molecule has 0 saturated carbocycles. The molecule has 2 N–H and O–H groups in total. The molecule has 0 saturated heterocycles. The number of hydrogen-bond donors (Lipinski definition) is 1. The SMILES string of the molecule is COc1cc(C(N)c2ccc3c(c2)OCCCO3)ccc1C. The molecule has 22 heavy (non-hydrogen) atoms. The van der Waals surface area contributed by atoms with Crippen LogP contribution in [-0.4, -0.2) is 20.3 Å². The van der Waals surface area contributed by atoms with E-state index in [-0.39, 0.29) is 6.04 Å². The summed E-state index contributed by atoms with van der Waals surface area (Å²) in [5.74, 6) is 2.40. The van der Waals surface area contributed by atoms with E-state index >= 15 is 0 Å². The van der Waals surface area contributed by atoms with E-state index in [0.29, 0.717) is 13.2 Å². The first-order valence-electron chi connectivity index (χ1n) is 7.48. The summed E-state index contributed by atoms with van der Waals surface area (Å²) < 4.78 is 16.8. The molecule has 1 atom stereocenters. The lowest BCUT2D eigenvalue weighted by molar-refractivity contribution is 0.297. The lowest BCUT2D eigenvalue weighted by atomic mass is 9.98. The molecule has 1 aliphatic rings. The van der Waals surface area contributed by atoms with Crippen LogP contribution in [0.5, 0.6) is 17.2 Å². The third-order valence-electron chi connectivity index (χ3n) is 3.92. The van der Waals surface area contributed by atoms with E-state index in [1.165, 1.54) is 0 Å². The fourth-order valence-electron chi connectivity index (χ4n) is 2.60. The first kappa shape index (κ1) is 14.7. The Bertz CT molecular complexity index is 669. The van der Waals surface area contributed by atoms with Gasteiger partial charge in [-0.1, -0.05) is 18.2 Å². The van der Waals surface area contributed by atoms with Crippen molar-refractivity contribution in [3.8, 4) is 17.2 Å². The zero-order valence-electron chi connectivity index (χ0n) is 13.0. The van der Waals surface area contributed by atoms with Crippen LogP contribution in [0.1, 0.15) is 29.2 Å². The molecular weight excluding hydrogens is 278 g/mol. The number of ether oxygens (including phenoxy) is 3. The average molecular weight is 299 g/mol. The van der Waals surface area contributed by atoms with Crippen molar-refractivity contribution in [1.82, 2.24) is 0 Å². The first-order valence-corrected chi connectivity index (χ1v) is 7.48. The predicted molar refractivity (Wildman–Crippen MR) is 85.8 cm³/mol. The van der Waals surface area contributed by atoms with Crippen LogP contribution in [0.25, 0.3) is 0 Å². The predicted octanol–water partition coefficient (Wildman–Crippen LogP) is 3.21. The maximum absolute atomic E-state index is 6.41. The molecule has 3 rings (SSSR count). The number of hydrogen-bond acceptors (Lipinski definition) is 4. The van der Waals surface area contributed by atoms with Crippen molar-refractivity contribution in [3.63, 3.8) is 0 Å². The molecular formula is C18H21NO3. The lowest BCUT2D eigenvalue weighted by Crippen LogP contribution is -2.12. The monoisotopic (exact) mass is 299 g/mol. The van der Waals surface area contributed by atoms with E-state index in [4.69, 9.17) is 19.9 Å². The maximum Gasteiger partial charge on any atom is 0.161 e. The van der Waals surface area contributed by atoms with E-state index < -0.39 is 0 Å². The van der Waals surface area contributed by atoms with Crippen molar-refractivity contribution in [3.05, 3.63) is 53.1 Å².